The van der Waals surface area contributed by atoms with Crippen LogP contribution in [-0.2, 0) is 14.3 Å². The lowest BCUT2D eigenvalue weighted by Crippen LogP contribution is -2.38. The number of hydrogen-bond donors (Lipinski definition) is 1. The summed E-state index contributed by atoms with van der Waals surface area (Å²) in [4.78, 5) is 16.1. The van der Waals surface area contributed by atoms with Crippen molar-refractivity contribution in [3.63, 3.8) is 0 Å². The lowest BCUT2D eigenvalue weighted by molar-refractivity contribution is -0.153. The standard InChI is InChI=1S/C16H21F3N2O.C11H21NO3/c17-16(18,19)12-22-14-3-1-13(2-4-14)21-10-7-15(11-21)5-8-20-9-6-15;1-3-15-11(13)10-4-6-12(7-5-10)8-9-14-2/h1-4,20H,5-12H2;10H,3-9H2,1-2H3. The van der Waals surface area contributed by atoms with E-state index in [0.717, 1.165) is 70.9 Å². The van der Waals surface area contributed by atoms with E-state index in [1.807, 2.05) is 19.1 Å². The van der Waals surface area contributed by atoms with Gasteiger partial charge in [-0.15, -0.1) is 0 Å². The molecule has 3 saturated heterocycles. The Balaban J connectivity index is 0.000000222. The van der Waals surface area contributed by atoms with Crippen molar-refractivity contribution in [2.24, 2.45) is 11.3 Å². The first kappa shape index (κ1) is 29.5. The van der Waals surface area contributed by atoms with Crippen LogP contribution in [0.3, 0.4) is 0 Å². The number of rotatable bonds is 8. The van der Waals surface area contributed by atoms with E-state index in [0.29, 0.717) is 12.0 Å². The minimum Gasteiger partial charge on any atom is -0.484 e. The van der Waals surface area contributed by atoms with Crippen molar-refractivity contribution in [2.75, 3.05) is 77.6 Å². The third kappa shape index (κ3) is 9.65. The number of carbonyl (C=O) groups excluding carboxylic acids is 1. The zero-order chi connectivity index (χ0) is 26.7. The van der Waals surface area contributed by atoms with Crippen LogP contribution in [0, 0.1) is 11.3 Å². The highest BCUT2D eigenvalue weighted by molar-refractivity contribution is 5.72. The zero-order valence-electron chi connectivity index (χ0n) is 22.2. The summed E-state index contributed by atoms with van der Waals surface area (Å²) < 4.78 is 51.2. The molecule has 0 aliphatic carbocycles. The monoisotopic (exact) mass is 529 g/mol. The molecular formula is C27H42F3N3O4. The van der Waals surface area contributed by atoms with Gasteiger partial charge in [0.25, 0.3) is 0 Å². The number of ether oxygens (including phenoxy) is 3. The number of halogens is 3. The topological polar surface area (TPSA) is 63.3 Å². The van der Waals surface area contributed by atoms with Gasteiger partial charge in [0.05, 0.1) is 19.1 Å². The summed E-state index contributed by atoms with van der Waals surface area (Å²) in [5, 5.41) is 3.40. The van der Waals surface area contributed by atoms with Gasteiger partial charge in [0.1, 0.15) is 5.75 Å². The van der Waals surface area contributed by atoms with E-state index < -0.39 is 12.8 Å². The van der Waals surface area contributed by atoms with Crippen LogP contribution in [0.5, 0.6) is 5.75 Å². The molecule has 3 aliphatic heterocycles. The molecule has 0 amide bonds. The minimum absolute atomic E-state index is 0.0242. The van der Waals surface area contributed by atoms with Gasteiger partial charge in [0, 0.05) is 32.4 Å². The molecule has 1 spiro atoms. The SMILES string of the molecule is CCOC(=O)C1CCN(CCOC)CC1.FC(F)(F)COc1ccc(N2CCC3(CCNCC3)C2)cc1. The van der Waals surface area contributed by atoms with Crippen molar-refractivity contribution in [3.05, 3.63) is 24.3 Å². The van der Waals surface area contributed by atoms with E-state index in [2.05, 4.69) is 15.1 Å². The van der Waals surface area contributed by atoms with Crippen molar-refractivity contribution < 1.29 is 32.2 Å². The van der Waals surface area contributed by atoms with E-state index in [1.54, 1.807) is 19.2 Å². The summed E-state index contributed by atoms with van der Waals surface area (Å²) in [5.41, 5.74) is 1.48. The molecule has 3 fully saturated rings. The van der Waals surface area contributed by atoms with Gasteiger partial charge >= 0.3 is 12.1 Å². The fourth-order valence-corrected chi connectivity index (χ4v) is 5.31. The predicted molar refractivity (Wildman–Crippen MR) is 137 cm³/mol. The minimum atomic E-state index is -4.30. The maximum absolute atomic E-state index is 12.1. The highest BCUT2D eigenvalue weighted by atomic mass is 19.4. The molecule has 0 atom stereocenters. The van der Waals surface area contributed by atoms with Crippen LogP contribution in [0.2, 0.25) is 0 Å². The van der Waals surface area contributed by atoms with Gasteiger partial charge in [0.15, 0.2) is 6.61 Å². The Morgan fingerprint density at radius 2 is 1.76 bits per heavy atom. The fraction of sp³-hybridized carbons (Fsp3) is 0.741. The quantitative estimate of drug-likeness (QED) is 0.509. The van der Waals surface area contributed by atoms with Crippen LogP contribution in [0.25, 0.3) is 0 Å². The number of nitrogens with zero attached hydrogens (tertiary/aromatic N) is 2. The Labute approximate surface area is 218 Å². The summed E-state index contributed by atoms with van der Waals surface area (Å²) in [7, 11) is 1.71. The van der Waals surface area contributed by atoms with Crippen molar-refractivity contribution in [1.29, 1.82) is 0 Å². The number of anilines is 1. The lowest BCUT2D eigenvalue weighted by Gasteiger charge is -2.34. The highest BCUT2D eigenvalue weighted by Gasteiger charge is 2.38. The lowest BCUT2D eigenvalue weighted by atomic mass is 9.78. The molecule has 1 aromatic carbocycles. The number of benzene rings is 1. The Morgan fingerprint density at radius 1 is 1.08 bits per heavy atom. The van der Waals surface area contributed by atoms with Gasteiger partial charge in [-0.05, 0) is 94.9 Å². The molecule has 0 saturated carbocycles. The third-order valence-electron chi connectivity index (χ3n) is 7.53. The van der Waals surface area contributed by atoms with Crippen molar-refractivity contribution in [2.45, 2.75) is 45.2 Å². The maximum Gasteiger partial charge on any atom is 0.422 e. The number of likely N-dealkylation sites (tertiary alicyclic amines) is 1. The molecule has 10 heteroatoms. The van der Waals surface area contributed by atoms with E-state index in [-0.39, 0.29) is 17.6 Å². The molecule has 4 rings (SSSR count). The Bertz CT molecular complexity index is 808. The van der Waals surface area contributed by atoms with Crippen LogP contribution in [0.1, 0.15) is 39.0 Å². The normalized spacial score (nSPS) is 20.4. The second-order valence-corrected chi connectivity index (χ2v) is 10.2. The number of hydrogen-bond acceptors (Lipinski definition) is 7. The number of nitrogens with one attached hydrogen (secondary N) is 1. The van der Waals surface area contributed by atoms with Gasteiger partial charge in [0.2, 0.25) is 0 Å². The summed E-state index contributed by atoms with van der Waals surface area (Å²) >= 11 is 0. The molecule has 0 aromatic heterocycles. The molecule has 37 heavy (non-hydrogen) atoms. The van der Waals surface area contributed by atoms with Crippen molar-refractivity contribution in [1.82, 2.24) is 10.2 Å². The largest absolute Gasteiger partial charge is 0.484 e. The summed E-state index contributed by atoms with van der Waals surface area (Å²) in [6.45, 7) is 9.01. The smallest absolute Gasteiger partial charge is 0.422 e. The second kappa shape index (κ2) is 14.2. The van der Waals surface area contributed by atoms with E-state index >= 15 is 0 Å². The maximum atomic E-state index is 12.1. The number of carbonyl (C=O) groups is 1. The number of methoxy groups -OCH3 is 1. The first-order valence-electron chi connectivity index (χ1n) is 13.4. The average molecular weight is 530 g/mol. The second-order valence-electron chi connectivity index (χ2n) is 10.2. The molecule has 3 aliphatic rings. The van der Waals surface area contributed by atoms with Gasteiger partial charge in [-0.1, -0.05) is 0 Å². The molecule has 210 valence electrons. The van der Waals surface area contributed by atoms with Crippen LogP contribution in [0.4, 0.5) is 18.9 Å². The third-order valence-corrected chi connectivity index (χ3v) is 7.53. The van der Waals surface area contributed by atoms with Crippen LogP contribution in [0.15, 0.2) is 24.3 Å². The average Bonchev–Trinajstić information content (AvgIpc) is 3.30. The molecule has 3 heterocycles. The van der Waals surface area contributed by atoms with E-state index in [9.17, 15) is 18.0 Å². The number of piperidine rings is 2. The summed E-state index contributed by atoms with van der Waals surface area (Å²) in [6, 6.07) is 6.95. The molecule has 1 aromatic rings. The zero-order valence-corrected chi connectivity index (χ0v) is 22.2. The first-order chi connectivity index (χ1) is 17.7. The first-order valence-corrected chi connectivity index (χ1v) is 13.4. The summed E-state index contributed by atoms with van der Waals surface area (Å²) in [6.07, 6.45) is 1.15. The fourth-order valence-electron chi connectivity index (χ4n) is 5.31. The van der Waals surface area contributed by atoms with Gasteiger partial charge in [-0.2, -0.15) is 13.2 Å². The van der Waals surface area contributed by atoms with Crippen LogP contribution >= 0.6 is 0 Å². The van der Waals surface area contributed by atoms with E-state index in [1.165, 1.54) is 19.3 Å². The Kier molecular flexibility index (Phi) is 11.3. The predicted octanol–water partition coefficient (Wildman–Crippen LogP) is 4.12. The van der Waals surface area contributed by atoms with E-state index in [4.69, 9.17) is 14.2 Å². The van der Waals surface area contributed by atoms with Gasteiger partial charge in [-0.25, -0.2) is 0 Å². The van der Waals surface area contributed by atoms with Crippen LogP contribution < -0.4 is 15.0 Å². The van der Waals surface area contributed by atoms with Crippen molar-refractivity contribution >= 4 is 11.7 Å². The molecule has 0 unspecified atom stereocenters. The Hall–Kier alpha value is -2.04. The van der Waals surface area contributed by atoms with Crippen LogP contribution in [-0.4, -0.2) is 89.8 Å². The molecule has 1 N–H and O–H groups in total. The molecular weight excluding hydrogens is 487 g/mol. The molecule has 7 nitrogen and oxygen atoms in total. The van der Waals surface area contributed by atoms with Crippen molar-refractivity contribution in [3.8, 4) is 5.75 Å². The Morgan fingerprint density at radius 3 is 2.35 bits per heavy atom. The number of esters is 1. The van der Waals surface area contributed by atoms with Gasteiger partial charge in [-0.3, -0.25) is 4.79 Å². The van der Waals surface area contributed by atoms with Gasteiger partial charge < -0.3 is 29.3 Å². The number of alkyl halides is 3. The highest BCUT2D eigenvalue weighted by Crippen LogP contribution is 2.40. The summed E-state index contributed by atoms with van der Waals surface area (Å²) in [5.74, 6) is 0.351. The molecule has 0 bridgehead atoms. The molecule has 0 radical (unpaired) electrons.